The molecule has 0 unspecified atom stereocenters. The van der Waals surface area contributed by atoms with Crippen LogP contribution in [0.1, 0.15) is 0 Å². The summed E-state index contributed by atoms with van der Waals surface area (Å²) in [5, 5.41) is 10.7. The van der Waals surface area contributed by atoms with E-state index in [9.17, 15) is 27.6 Å². The van der Waals surface area contributed by atoms with E-state index >= 15 is 0 Å². The number of benzene rings is 1. The largest absolute Gasteiger partial charge is 0.762 e. The van der Waals surface area contributed by atoms with Crippen LogP contribution in [-0.4, -0.2) is 25.7 Å². The van der Waals surface area contributed by atoms with E-state index in [-0.39, 0.29) is 24.2 Å². The number of nitro benzene ring substituents is 1. The quantitative estimate of drug-likeness (QED) is 0.362. The first-order valence-electron chi connectivity index (χ1n) is 4.92. The molecule has 0 saturated carbocycles. The van der Waals surface area contributed by atoms with E-state index in [0.29, 0.717) is 0 Å². The smallest absolute Gasteiger partial charge is 0.303 e. The average molecular weight is 297 g/mol. The van der Waals surface area contributed by atoms with Crippen molar-refractivity contribution in [2.24, 2.45) is 0 Å². The molecule has 1 saturated heterocycles. The average Bonchev–Trinajstić information content (AvgIpc) is 2.77. The third kappa shape index (κ3) is 4.34. The maximum atomic E-state index is 12.0. The fraction of sp³-hybridized carbons (Fsp3) is 0.250. The summed E-state index contributed by atoms with van der Waals surface area (Å²) >= 11 is 0. The third-order valence-corrected chi connectivity index (χ3v) is 3.99. The molecule has 1 fully saturated rings. The zero-order valence-corrected chi connectivity index (χ0v) is 10.3. The van der Waals surface area contributed by atoms with Gasteiger partial charge in [0.05, 0.1) is 18.1 Å². The van der Waals surface area contributed by atoms with Gasteiger partial charge in [0.2, 0.25) is 0 Å². The summed E-state index contributed by atoms with van der Waals surface area (Å²) in [5.74, 6) is 0. The number of hydrogen-bond donors (Lipinski definition) is 0. The molecule has 0 radical (unpaired) electrons. The molecule has 0 aliphatic carbocycles. The highest BCUT2D eigenvalue weighted by molar-refractivity contribution is 7.62. The molecule has 1 aromatic rings. The number of nitro groups is 1. The second kappa shape index (κ2) is 6.69. The Balaban J connectivity index is 0.000000399. The van der Waals surface area contributed by atoms with Gasteiger partial charge in [0.15, 0.2) is 0 Å². The standard InChI is InChI=1S/C8H8NO5P.BF3/c10-9(11)7-3-1-2-4-8(7)15(12)13-5-6-14-15;2-1(3)4/h1-4H,5-6H2;. The summed E-state index contributed by atoms with van der Waals surface area (Å²) in [6, 6.07) is 5.74. The Bertz CT molecular complexity index is 490. The lowest BCUT2D eigenvalue weighted by Crippen LogP contribution is -2.10. The van der Waals surface area contributed by atoms with Crippen LogP contribution in [0.4, 0.5) is 18.6 Å². The first kappa shape index (κ1) is 15.7. The van der Waals surface area contributed by atoms with Crippen LogP contribution in [-0.2, 0) is 13.6 Å². The van der Waals surface area contributed by atoms with Crippen molar-refractivity contribution in [2.45, 2.75) is 0 Å². The molecule has 0 spiro atoms. The summed E-state index contributed by atoms with van der Waals surface area (Å²) in [7, 11) is -7.12. The fourth-order valence-electron chi connectivity index (χ4n) is 1.34. The van der Waals surface area contributed by atoms with E-state index in [1.807, 2.05) is 0 Å². The van der Waals surface area contributed by atoms with Gasteiger partial charge in [-0.2, -0.15) is 0 Å². The second-order valence-electron chi connectivity index (χ2n) is 3.16. The molecule has 1 aliphatic rings. The van der Waals surface area contributed by atoms with Crippen LogP contribution in [0.2, 0.25) is 0 Å². The fourth-order valence-corrected chi connectivity index (χ4v) is 3.03. The van der Waals surface area contributed by atoms with Crippen molar-refractivity contribution in [3.05, 3.63) is 34.4 Å². The van der Waals surface area contributed by atoms with Gasteiger partial charge in [-0.15, -0.1) is 0 Å². The third-order valence-electron chi connectivity index (χ3n) is 1.98. The molecule has 11 heteroatoms. The lowest BCUT2D eigenvalue weighted by atomic mass is 10.3. The highest BCUT2D eigenvalue weighted by Crippen LogP contribution is 2.52. The van der Waals surface area contributed by atoms with E-state index < -0.39 is 20.1 Å². The Kier molecular flexibility index (Phi) is 5.52. The Hall–Kier alpha value is -1.38. The highest BCUT2D eigenvalue weighted by Gasteiger charge is 2.38. The van der Waals surface area contributed by atoms with Crippen molar-refractivity contribution in [3.63, 3.8) is 0 Å². The van der Waals surface area contributed by atoms with Gasteiger partial charge in [-0.3, -0.25) is 27.6 Å². The van der Waals surface area contributed by atoms with E-state index in [1.54, 1.807) is 6.07 Å². The van der Waals surface area contributed by atoms with Crippen molar-refractivity contribution in [3.8, 4) is 0 Å². The van der Waals surface area contributed by atoms with Gasteiger partial charge in [0, 0.05) is 6.07 Å². The van der Waals surface area contributed by atoms with Crippen LogP contribution in [0, 0.1) is 10.1 Å². The molecule has 2 rings (SSSR count). The molecule has 1 heterocycles. The second-order valence-corrected chi connectivity index (χ2v) is 5.15. The molecule has 6 nitrogen and oxygen atoms in total. The number of rotatable bonds is 2. The maximum Gasteiger partial charge on any atom is 0.762 e. The first-order valence-corrected chi connectivity index (χ1v) is 6.46. The van der Waals surface area contributed by atoms with E-state index in [1.165, 1.54) is 18.2 Å². The Morgan fingerprint density at radius 1 is 1.21 bits per heavy atom. The summed E-state index contributed by atoms with van der Waals surface area (Å²) in [6.07, 6.45) is 0. The number of halogens is 3. The Morgan fingerprint density at radius 3 is 2.16 bits per heavy atom. The number of hydrogen-bond acceptors (Lipinski definition) is 5. The van der Waals surface area contributed by atoms with Gasteiger partial charge in [0.1, 0.15) is 5.30 Å². The summed E-state index contributed by atoms with van der Waals surface area (Å²) in [6.45, 7) is 0.395. The summed E-state index contributed by atoms with van der Waals surface area (Å²) in [5.41, 5.74) is -0.234. The zero-order valence-electron chi connectivity index (χ0n) is 9.37. The topological polar surface area (TPSA) is 78.7 Å². The van der Waals surface area contributed by atoms with Crippen LogP contribution in [0.25, 0.3) is 0 Å². The van der Waals surface area contributed by atoms with Crippen LogP contribution in [0.5, 0.6) is 0 Å². The highest BCUT2D eigenvalue weighted by atomic mass is 31.2. The van der Waals surface area contributed by atoms with Gasteiger partial charge in [-0.25, -0.2) is 0 Å². The van der Waals surface area contributed by atoms with E-state index in [0.717, 1.165) is 0 Å². The van der Waals surface area contributed by atoms with Crippen LogP contribution < -0.4 is 5.30 Å². The molecule has 0 amide bonds. The van der Waals surface area contributed by atoms with Crippen molar-refractivity contribution in [2.75, 3.05) is 13.2 Å². The monoisotopic (exact) mass is 297 g/mol. The minimum absolute atomic E-state index is 0.0208. The minimum Gasteiger partial charge on any atom is -0.303 e. The molecule has 0 aromatic heterocycles. The molecule has 19 heavy (non-hydrogen) atoms. The van der Waals surface area contributed by atoms with Crippen molar-refractivity contribution < 1.29 is 31.5 Å². The number of nitrogens with zero attached hydrogens (tertiary/aromatic N) is 1. The van der Waals surface area contributed by atoms with Crippen molar-refractivity contribution >= 4 is 26.1 Å². The predicted molar refractivity (Wildman–Crippen MR) is 61.3 cm³/mol. The molecule has 0 bridgehead atoms. The molecule has 0 atom stereocenters. The molecular weight excluding hydrogens is 289 g/mol. The lowest BCUT2D eigenvalue weighted by Gasteiger charge is -2.08. The Morgan fingerprint density at radius 2 is 1.68 bits per heavy atom. The van der Waals surface area contributed by atoms with Crippen LogP contribution >= 0.6 is 7.60 Å². The molecule has 1 aromatic carbocycles. The zero-order chi connectivity index (χ0) is 14.5. The van der Waals surface area contributed by atoms with Gasteiger partial charge in [0.25, 0.3) is 5.69 Å². The molecule has 1 aliphatic heterocycles. The molecule has 104 valence electrons. The van der Waals surface area contributed by atoms with E-state index in [2.05, 4.69) is 0 Å². The van der Waals surface area contributed by atoms with Gasteiger partial charge < -0.3 is 9.05 Å². The lowest BCUT2D eigenvalue weighted by molar-refractivity contribution is -0.383. The summed E-state index contributed by atoms with van der Waals surface area (Å²) in [4.78, 5) is 10.1. The van der Waals surface area contributed by atoms with E-state index in [4.69, 9.17) is 9.05 Å². The summed E-state index contributed by atoms with van der Waals surface area (Å²) < 4.78 is 50.9. The predicted octanol–water partition coefficient (Wildman–Crippen LogP) is 2.34. The molecular formula is C8H8BF3NO5P. The molecule has 0 N–H and O–H groups in total. The van der Waals surface area contributed by atoms with Gasteiger partial charge >= 0.3 is 15.1 Å². The van der Waals surface area contributed by atoms with Crippen LogP contribution in [0.15, 0.2) is 24.3 Å². The minimum atomic E-state index is -3.67. The Labute approximate surface area is 106 Å². The normalized spacial score (nSPS) is 16.4. The van der Waals surface area contributed by atoms with Gasteiger partial charge in [-0.1, -0.05) is 12.1 Å². The van der Waals surface area contributed by atoms with Crippen molar-refractivity contribution in [1.29, 1.82) is 0 Å². The van der Waals surface area contributed by atoms with Crippen LogP contribution in [0.3, 0.4) is 0 Å². The SMILES string of the molecule is FB(F)F.O=[N+]([O-])c1ccccc1P1(=O)OCCO1. The first-order chi connectivity index (χ1) is 8.87. The number of para-hydroxylation sites is 1. The van der Waals surface area contributed by atoms with Gasteiger partial charge in [-0.05, 0) is 6.07 Å². The van der Waals surface area contributed by atoms with Crippen molar-refractivity contribution in [1.82, 2.24) is 0 Å². The maximum absolute atomic E-state index is 12.0.